The standard InChI is InChI=1S/C14H23NO4/c1-4-19-12-7-5-6-11(13(12)18-3)8-15-14(2,9-16)10-17/h5-7,15-17H,4,8-10H2,1-3H3. The molecule has 0 aliphatic carbocycles. The Hall–Kier alpha value is -1.30. The number of aliphatic hydroxyl groups excluding tert-OH is 2. The van der Waals surface area contributed by atoms with Crippen molar-refractivity contribution in [2.24, 2.45) is 0 Å². The Morgan fingerprint density at radius 2 is 1.95 bits per heavy atom. The molecule has 0 fully saturated rings. The summed E-state index contributed by atoms with van der Waals surface area (Å²) in [5.74, 6) is 1.37. The first-order valence-corrected chi connectivity index (χ1v) is 6.35. The molecule has 0 atom stereocenters. The maximum atomic E-state index is 9.25. The van der Waals surface area contributed by atoms with Gasteiger partial charge >= 0.3 is 0 Å². The van der Waals surface area contributed by atoms with E-state index in [4.69, 9.17) is 9.47 Å². The lowest BCUT2D eigenvalue weighted by molar-refractivity contribution is 0.103. The van der Waals surface area contributed by atoms with E-state index in [2.05, 4.69) is 5.32 Å². The number of benzene rings is 1. The van der Waals surface area contributed by atoms with Crippen molar-refractivity contribution >= 4 is 0 Å². The molecular formula is C14H23NO4. The number of ether oxygens (including phenoxy) is 2. The summed E-state index contributed by atoms with van der Waals surface area (Å²) in [6.45, 7) is 4.43. The third-order valence-corrected chi connectivity index (χ3v) is 2.97. The third kappa shape index (κ3) is 4.09. The quantitative estimate of drug-likeness (QED) is 0.655. The Labute approximate surface area is 114 Å². The van der Waals surface area contributed by atoms with E-state index < -0.39 is 5.54 Å². The van der Waals surface area contributed by atoms with E-state index in [0.717, 1.165) is 5.56 Å². The summed E-state index contributed by atoms with van der Waals surface area (Å²) in [4.78, 5) is 0. The van der Waals surface area contributed by atoms with Gasteiger partial charge in [-0.3, -0.25) is 0 Å². The number of hydrogen-bond donors (Lipinski definition) is 3. The molecule has 0 aliphatic rings. The summed E-state index contributed by atoms with van der Waals surface area (Å²) in [6, 6.07) is 5.66. The molecule has 0 aromatic heterocycles. The van der Waals surface area contributed by atoms with Gasteiger partial charge in [-0.25, -0.2) is 0 Å². The van der Waals surface area contributed by atoms with Gasteiger partial charge < -0.3 is 25.0 Å². The Morgan fingerprint density at radius 3 is 2.47 bits per heavy atom. The molecule has 0 bridgehead atoms. The first-order valence-electron chi connectivity index (χ1n) is 6.35. The Morgan fingerprint density at radius 1 is 1.26 bits per heavy atom. The van der Waals surface area contributed by atoms with Gasteiger partial charge in [0.25, 0.3) is 0 Å². The van der Waals surface area contributed by atoms with E-state index in [1.54, 1.807) is 14.0 Å². The van der Waals surface area contributed by atoms with Crippen molar-refractivity contribution in [2.45, 2.75) is 25.9 Å². The summed E-state index contributed by atoms with van der Waals surface area (Å²) >= 11 is 0. The SMILES string of the molecule is CCOc1cccc(CNC(C)(CO)CO)c1OC. The van der Waals surface area contributed by atoms with E-state index >= 15 is 0 Å². The zero-order chi connectivity index (χ0) is 14.3. The second-order valence-corrected chi connectivity index (χ2v) is 4.61. The molecule has 0 aliphatic heterocycles. The largest absolute Gasteiger partial charge is 0.493 e. The molecule has 5 nitrogen and oxygen atoms in total. The van der Waals surface area contributed by atoms with Crippen LogP contribution in [0.4, 0.5) is 0 Å². The van der Waals surface area contributed by atoms with Crippen LogP contribution in [-0.2, 0) is 6.54 Å². The Bertz CT molecular complexity index is 391. The summed E-state index contributed by atoms with van der Waals surface area (Å²) in [5, 5.41) is 21.6. The van der Waals surface area contributed by atoms with Crippen LogP contribution in [0.1, 0.15) is 19.4 Å². The van der Waals surface area contributed by atoms with Crippen LogP contribution in [0.15, 0.2) is 18.2 Å². The third-order valence-electron chi connectivity index (χ3n) is 2.97. The number of rotatable bonds is 8. The number of nitrogens with one attached hydrogen (secondary N) is 1. The van der Waals surface area contributed by atoms with Crippen LogP contribution in [0.2, 0.25) is 0 Å². The molecule has 0 spiro atoms. The first kappa shape index (κ1) is 15.8. The molecule has 1 aromatic rings. The van der Waals surface area contributed by atoms with Gasteiger partial charge in [0.2, 0.25) is 0 Å². The van der Waals surface area contributed by atoms with Gasteiger partial charge in [0, 0.05) is 12.1 Å². The maximum Gasteiger partial charge on any atom is 0.165 e. The van der Waals surface area contributed by atoms with Gasteiger partial charge in [-0.2, -0.15) is 0 Å². The molecule has 108 valence electrons. The fourth-order valence-corrected chi connectivity index (χ4v) is 1.67. The van der Waals surface area contributed by atoms with E-state index in [1.165, 1.54) is 0 Å². The lowest BCUT2D eigenvalue weighted by Gasteiger charge is -2.27. The van der Waals surface area contributed by atoms with Crippen molar-refractivity contribution < 1.29 is 19.7 Å². The van der Waals surface area contributed by atoms with Crippen molar-refractivity contribution in [3.63, 3.8) is 0 Å². The van der Waals surface area contributed by atoms with Gasteiger partial charge in [0.1, 0.15) is 0 Å². The average molecular weight is 269 g/mol. The first-order chi connectivity index (χ1) is 9.10. The molecule has 0 heterocycles. The van der Waals surface area contributed by atoms with Gasteiger partial charge in [0.05, 0.1) is 32.5 Å². The topological polar surface area (TPSA) is 71.0 Å². The van der Waals surface area contributed by atoms with E-state index in [1.807, 2.05) is 25.1 Å². The van der Waals surface area contributed by atoms with Crippen molar-refractivity contribution in [3.05, 3.63) is 23.8 Å². The van der Waals surface area contributed by atoms with Crippen LogP contribution >= 0.6 is 0 Å². The van der Waals surface area contributed by atoms with Crippen LogP contribution in [0, 0.1) is 0 Å². The lowest BCUT2D eigenvalue weighted by Crippen LogP contribution is -2.48. The summed E-state index contributed by atoms with van der Waals surface area (Å²) in [5.41, 5.74) is 0.202. The van der Waals surface area contributed by atoms with Crippen LogP contribution in [0.25, 0.3) is 0 Å². The van der Waals surface area contributed by atoms with Gasteiger partial charge in [-0.05, 0) is 19.9 Å². The number of hydrogen-bond acceptors (Lipinski definition) is 5. The molecule has 0 amide bonds. The smallest absolute Gasteiger partial charge is 0.165 e. The Kier molecular flexibility index (Phi) is 6.08. The minimum absolute atomic E-state index is 0.142. The highest BCUT2D eigenvalue weighted by Gasteiger charge is 2.22. The van der Waals surface area contributed by atoms with Crippen LogP contribution in [-0.4, -0.2) is 42.7 Å². The van der Waals surface area contributed by atoms with Crippen LogP contribution in [0.3, 0.4) is 0 Å². The predicted molar refractivity (Wildman–Crippen MR) is 73.6 cm³/mol. The Balaban J connectivity index is 2.86. The van der Waals surface area contributed by atoms with Gasteiger partial charge in [-0.1, -0.05) is 12.1 Å². The van der Waals surface area contributed by atoms with Crippen LogP contribution < -0.4 is 14.8 Å². The van der Waals surface area contributed by atoms with Crippen molar-refractivity contribution in [3.8, 4) is 11.5 Å². The molecule has 0 unspecified atom stereocenters. The highest BCUT2D eigenvalue weighted by atomic mass is 16.5. The maximum absolute atomic E-state index is 9.25. The van der Waals surface area contributed by atoms with E-state index in [0.29, 0.717) is 24.7 Å². The molecule has 0 radical (unpaired) electrons. The van der Waals surface area contributed by atoms with Gasteiger partial charge in [0.15, 0.2) is 11.5 Å². The number of methoxy groups -OCH3 is 1. The normalized spacial score (nSPS) is 11.4. The molecular weight excluding hydrogens is 246 g/mol. The second-order valence-electron chi connectivity index (χ2n) is 4.61. The fraction of sp³-hybridized carbons (Fsp3) is 0.571. The minimum atomic E-state index is -0.716. The van der Waals surface area contributed by atoms with E-state index in [-0.39, 0.29) is 13.2 Å². The molecule has 3 N–H and O–H groups in total. The number of para-hydroxylation sites is 1. The lowest BCUT2D eigenvalue weighted by atomic mass is 10.0. The van der Waals surface area contributed by atoms with Crippen molar-refractivity contribution in [1.29, 1.82) is 0 Å². The summed E-state index contributed by atoms with van der Waals surface area (Å²) in [6.07, 6.45) is 0. The highest BCUT2D eigenvalue weighted by Crippen LogP contribution is 2.31. The second kappa shape index (κ2) is 7.33. The number of aliphatic hydroxyl groups is 2. The molecule has 0 saturated heterocycles. The zero-order valence-corrected chi connectivity index (χ0v) is 11.8. The zero-order valence-electron chi connectivity index (χ0n) is 11.8. The molecule has 5 heteroatoms. The van der Waals surface area contributed by atoms with Crippen LogP contribution in [0.5, 0.6) is 11.5 Å². The molecule has 19 heavy (non-hydrogen) atoms. The van der Waals surface area contributed by atoms with Gasteiger partial charge in [-0.15, -0.1) is 0 Å². The van der Waals surface area contributed by atoms with Crippen molar-refractivity contribution in [2.75, 3.05) is 26.9 Å². The molecule has 1 rings (SSSR count). The minimum Gasteiger partial charge on any atom is -0.493 e. The van der Waals surface area contributed by atoms with E-state index in [9.17, 15) is 10.2 Å². The molecule has 1 aromatic carbocycles. The summed E-state index contributed by atoms with van der Waals surface area (Å²) < 4.78 is 10.9. The molecule has 0 saturated carbocycles. The highest BCUT2D eigenvalue weighted by molar-refractivity contribution is 5.46. The summed E-state index contributed by atoms with van der Waals surface area (Å²) in [7, 11) is 1.60. The monoisotopic (exact) mass is 269 g/mol. The fourth-order valence-electron chi connectivity index (χ4n) is 1.67. The average Bonchev–Trinajstić information content (AvgIpc) is 2.45. The van der Waals surface area contributed by atoms with Crippen molar-refractivity contribution in [1.82, 2.24) is 5.32 Å². The predicted octanol–water partition coefficient (Wildman–Crippen LogP) is 0.927.